The monoisotopic (exact) mass is 395 g/mol. The van der Waals surface area contributed by atoms with Gasteiger partial charge in [-0.1, -0.05) is 19.1 Å². The number of rotatable bonds is 11. The van der Waals surface area contributed by atoms with Crippen LogP contribution in [0.2, 0.25) is 0 Å². The van der Waals surface area contributed by atoms with Crippen LogP contribution in [0, 0.1) is 11.7 Å². The van der Waals surface area contributed by atoms with E-state index in [1.165, 1.54) is 6.07 Å². The minimum Gasteiger partial charge on any atom is -0.486 e. The van der Waals surface area contributed by atoms with Crippen molar-refractivity contribution in [3.8, 4) is 5.75 Å². The number of benzene rings is 1. The molecule has 0 aromatic heterocycles. The summed E-state index contributed by atoms with van der Waals surface area (Å²) in [5, 5.41) is 6.51. The second kappa shape index (κ2) is 13.3. The molecule has 1 heterocycles. The van der Waals surface area contributed by atoms with Gasteiger partial charge >= 0.3 is 0 Å². The third-order valence-electron chi connectivity index (χ3n) is 4.76. The highest BCUT2D eigenvalue weighted by atomic mass is 19.1. The molecule has 6 nitrogen and oxygen atoms in total. The lowest BCUT2D eigenvalue weighted by atomic mass is 10.0. The molecule has 2 rings (SSSR count). The van der Waals surface area contributed by atoms with Gasteiger partial charge in [0, 0.05) is 40.0 Å². The van der Waals surface area contributed by atoms with E-state index in [0.29, 0.717) is 18.4 Å². The Bertz CT molecular complexity index is 580. The molecule has 0 spiro atoms. The van der Waals surface area contributed by atoms with Crippen molar-refractivity contribution in [2.45, 2.75) is 38.7 Å². The molecule has 1 saturated heterocycles. The summed E-state index contributed by atoms with van der Waals surface area (Å²) in [6, 6.07) is 6.47. The Kier molecular flexibility index (Phi) is 10.7. The maximum atomic E-state index is 13.7. The average Bonchev–Trinajstić information content (AvgIpc) is 2.73. The van der Waals surface area contributed by atoms with Crippen LogP contribution in [0.5, 0.6) is 5.75 Å². The fourth-order valence-corrected chi connectivity index (χ4v) is 2.96. The number of ether oxygens (including phenoxy) is 3. The summed E-state index contributed by atoms with van der Waals surface area (Å²) in [4.78, 5) is 4.22. The van der Waals surface area contributed by atoms with Crippen molar-refractivity contribution < 1.29 is 18.6 Å². The van der Waals surface area contributed by atoms with Gasteiger partial charge in [0.05, 0.1) is 6.54 Å². The molecule has 0 saturated carbocycles. The van der Waals surface area contributed by atoms with Crippen LogP contribution >= 0.6 is 0 Å². The Hall–Kier alpha value is -1.86. The van der Waals surface area contributed by atoms with E-state index in [-0.39, 0.29) is 17.7 Å². The molecule has 1 aliphatic heterocycles. The smallest absolute Gasteiger partial charge is 0.191 e. The first kappa shape index (κ1) is 22.4. The van der Waals surface area contributed by atoms with Crippen LogP contribution in [0.15, 0.2) is 29.3 Å². The van der Waals surface area contributed by atoms with Gasteiger partial charge in [0.25, 0.3) is 0 Å². The van der Waals surface area contributed by atoms with Crippen molar-refractivity contribution in [2.75, 3.05) is 46.6 Å². The number of nitrogens with one attached hydrogen (secondary N) is 2. The van der Waals surface area contributed by atoms with Crippen LogP contribution in [-0.2, 0) is 9.47 Å². The number of para-hydroxylation sites is 1. The molecule has 1 fully saturated rings. The molecule has 0 aliphatic carbocycles. The van der Waals surface area contributed by atoms with Gasteiger partial charge in [-0.2, -0.15) is 0 Å². The fraction of sp³-hybridized carbons (Fsp3) is 0.667. The second-order valence-corrected chi connectivity index (χ2v) is 6.94. The standard InChI is InChI=1S/C21H34FN3O3/c1-3-18(28-20-8-5-4-7-19(20)22)15-25-21(23-2)24-11-6-12-27-16-17-9-13-26-14-10-17/h4-5,7-8,17-18H,3,6,9-16H2,1-2H3,(H2,23,24,25). The molecule has 0 radical (unpaired) electrons. The molecule has 1 unspecified atom stereocenters. The third kappa shape index (κ3) is 8.44. The van der Waals surface area contributed by atoms with Crippen LogP contribution in [0.25, 0.3) is 0 Å². The predicted molar refractivity (Wildman–Crippen MR) is 109 cm³/mol. The van der Waals surface area contributed by atoms with Crippen molar-refractivity contribution in [3.63, 3.8) is 0 Å². The number of guanidine groups is 1. The predicted octanol–water partition coefficient (Wildman–Crippen LogP) is 2.98. The van der Waals surface area contributed by atoms with E-state index in [0.717, 1.165) is 58.7 Å². The molecule has 2 N–H and O–H groups in total. The van der Waals surface area contributed by atoms with E-state index in [4.69, 9.17) is 14.2 Å². The number of aliphatic imine (C=N–C) groups is 1. The lowest BCUT2D eigenvalue weighted by Crippen LogP contribution is -2.43. The van der Waals surface area contributed by atoms with Crippen LogP contribution in [0.4, 0.5) is 4.39 Å². The molecular weight excluding hydrogens is 361 g/mol. The first-order valence-electron chi connectivity index (χ1n) is 10.2. The highest BCUT2D eigenvalue weighted by Crippen LogP contribution is 2.17. The summed E-state index contributed by atoms with van der Waals surface area (Å²) >= 11 is 0. The zero-order chi connectivity index (χ0) is 20.0. The zero-order valence-corrected chi connectivity index (χ0v) is 17.1. The quantitative estimate of drug-likeness (QED) is 0.343. The molecular formula is C21H34FN3O3. The average molecular weight is 396 g/mol. The molecule has 0 bridgehead atoms. The van der Waals surface area contributed by atoms with Crippen LogP contribution < -0.4 is 15.4 Å². The Morgan fingerprint density at radius 2 is 2.07 bits per heavy atom. The molecule has 158 valence electrons. The number of hydrogen-bond acceptors (Lipinski definition) is 4. The van der Waals surface area contributed by atoms with E-state index in [1.54, 1.807) is 25.2 Å². The number of halogens is 1. The molecule has 28 heavy (non-hydrogen) atoms. The van der Waals surface area contributed by atoms with Gasteiger partial charge < -0.3 is 24.8 Å². The summed E-state index contributed by atoms with van der Waals surface area (Å²) in [5.41, 5.74) is 0. The topological polar surface area (TPSA) is 64.1 Å². The van der Waals surface area contributed by atoms with Gasteiger partial charge in [0.1, 0.15) is 6.10 Å². The first-order valence-corrected chi connectivity index (χ1v) is 10.2. The molecule has 0 amide bonds. The minimum atomic E-state index is -0.343. The highest BCUT2D eigenvalue weighted by Gasteiger charge is 2.14. The normalized spacial score (nSPS) is 16.6. The van der Waals surface area contributed by atoms with Crippen molar-refractivity contribution in [3.05, 3.63) is 30.1 Å². The van der Waals surface area contributed by atoms with E-state index in [2.05, 4.69) is 15.6 Å². The Balaban J connectivity index is 1.58. The van der Waals surface area contributed by atoms with Gasteiger partial charge in [-0.3, -0.25) is 4.99 Å². The van der Waals surface area contributed by atoms with E-state index < -0.39 is 0 Å². The van der Waals surface area contributed by atoms with Crippen molar-refractivity contribution in [1.82, 2.24) is 10.6 Å². The SMILES string of the molecule is CCC(CNC(=NC)NCCCOCC1CCOCC1)Oc1ccccc1F. The first-order chi connectivity index (χ1) is 13.7. The van der Waals surface area contributed by atoms with E-state index in [1.807, 2.05) is 6.92 Å². The maximum Gasteiger partial charge on any atom is 0.191 e. The Labute approximate surface area is 167 Å². The number of nitrogens with zero attached hydrogens (tertiary/aromatic N) is 1. The van der Waals surface area contributed by atoms with Crippen molar-refractivity contribution >= 4 is 5.96 Å². The van der Waals surface area contributed by atoms with Crippen molar-refractivity contribution in [1.29, 1.82) is 0 Å². The van der Waals surface area contributed by atoms with Crippen LogP contribution in [0.3, 0.4) is 0 Å². The lowest BCUT2D eigenvalue weighted by molar-refractivity contribution is 0.0203. The molecule has 1 aliphatic rings. The van der Waals surface area contributed by atoms with E-state index in [9.17, 15) is 4.39 Å². The molecule has 1 aromatic rings. The van der Waals surface area contributed by atoms with E-state index >= 15 is 0 Å². The third-order valence-corrected chi connectivity index (χ3v) is 4.76. The van der Waals surface area contributed by atoms with Gasteiger partial charge in [0.15, 0.2) is 17.5 Å². The van der Waals surface area contributed by atoms with Crippen LogP contribution in [-0.4, -0.2) is 58.6 Å². The molecule has 7 heteroatoms. The van der Waals surface area contributed by atoms with Crippen molar-refractivity contribution in [2.24, 2.45) is 10.9 Å². The van der Waals surface area contributed by atoms with Gasteiger partial charge in [-0.05, 0) is 43.7 Å². The maximum absolute atomic E-state index is 13.7. The summed E-state index contributed by atoms with van der Waals surface area (Å²) in [6.07, 6.45) is 3.73. The highest BCUT2D eigenvalue weighted by molar-refractivity contribution is 5.79. The van der Waals surface area contributed by atoms with Crippen LogP contribution in [0.1, 0.15) is 32.6 Å². The lowest BCUT2D eigenvalue weighted by Gasteiger charge is -2.22. The summed E-state index contributed by atoms with van der Waals surface area (Å²) in [5.74, 6) is 1.28. The summed E-state index contributed by atoms with van der Waals surface area (Å²) in [7, 11) is 1.73. The zero-order valence-electron chi connectivity index (χ0n) is 17.1. The minimum absolute atomic E-state index is 0.141. The number of hydrogen-bond donors (Lipinski definition) is 2. The molecule has 1 atom stereocenters. The summed E-state index contributed by atoms with van der Waals surface area (Å²) < 4.78 is 30.6. The summed E-state index contributed by atoms with van der Waals surface area (Å²) in [6.45, 7) is 6.60. The Morgan fingerprint density at radius 1 is 1.29 bits per heavy atom. The van der Waals surface area contributed by atoms with Gasteiger partial charge in [-0.25, -0.2) is 4.39 Å². The van der Waals surface area contributed by atoms with Gasteiger partial charge in [0.2, 0.25) is 0 Å². The fourth-order valence-electron chi connectivity index (χ4n) is 2.96. The second-order valence-electron chi connectivity index (χ2n) is 6.94. The largest absolute Gasteiger partial charge is 0.486 e. The van der Waals surface area contributed by atoms with Gasteiger partial charge in [-0.15, -0.1) is 0 Å². The Morgan fingerprint density at radius 3 is 2.79 bits per heavy atom. The molecule has 1 aromatic carbocycles.